The van der Waals surface area contributed by atoms with Gasteiger partial charge in [0.1, 0.15) is 11.4 Å². The molecule has 0 unspecified atom stereocenters. The minimum absolute atomic E-state index is 0.0241. The number of carboxylic acids is 1. The van der Waals surface area contributed by atoms with Crippen LogP contribution in [0.3, 0.4) is 0 Å². The summed E-state index contributed by atoms with van der Waals surface area (Å²) in [4.78, 5) is 30.0. The van der Waals surface area contributed by atoms with Crippen LogP contribution in [-0.4, -0.2) is 47.6 Å². The number of ether oxygens (including phenoxy) is 2. The SMILES string of the molecule is CC(C)(C)OC(=O)CCCCCCCCCCCCCCCOc1ccc(S(=O)(=O)Nc2ncc(C(=O)O)cn2)cc1. The molecule has 0 aliphatic rings. The molecule has 10 nitrogen and oxygen atoms in total. The molecular formula is C31H47N3O7S. The molecular weight excluding hydrogens is 558 g/mol. The van der Waals surface area contributed by atoms with E-state index >= 15 is 0 Å². The summed E-state index contributed by atoms with van der Waals surface area (Å²) in [7, 11) is -3.91. The zero-order valence-corrected chi connectivity index (χ0v) is 26.1. The molecule has 0 fully saturated rings. The summed E-state index contributed by atoms with van der Waals surface area (Å²) >= 11 is 0. The van der Waals surface area contributed by atoms with Crippen LogP contribution in [0.2, 0.25) is 0 Å². The van der Waals surface area contributed by atoms with Crippen LogP contribution >= 0.6 is 0 Å². The van der Waals surface area contributed by atoms with Gasteiger partial charge >= 0.3 is 11.9 Å². The highest BCUT2D eigenvalue weighted by Crippen LogP contribution is 2.19. The van der Waals surface area contributed by atoms with Crippen LogP contribution in [0, 0.1) is 0 Å². The van der Waals surface area contributed by atoms with Crippen molar-refractivity contribution in [2.75, 3.05) is 11.3 Å². The number of carbonyl (C=O) groups is 2. The number of anilines is 1. The Balaban J connectivity index is 1.45. The highest BCUT2D eigenvalue weighted by molar-refractivity contribution is 7.92. The van der Waals surface area contributed by atoms with Crippen LogP contribution in [0.5, 0.6) is 5.75 Å². The number of rotatable bonds is 21. The van der Waals surface area contributed by atoms with Crippen LogP contribution in [-0.2, 0) is 19.6 Å². The fraction of sp³-hybridized carbons (Fsp3) is 0.613. The zero-order valence-electron chi connectivity index (χ0n) is 25.3. The Labute approximate surface area is 250 Å². The largest absolute Gasteiger partial charge is 0.494 e. The number of hydrogen-bond donors (Lipinski definition) is 2. The number of benzene rings is 1. The van der Waals surface area contributed by atoms with Gasteiger partial charge in [0.05, 0.1) is 17.1 Å². The second-order valence-corrected chi connectivity index (χ2v) is 13.1. The Morgan fingerprint density at radius 2 is 1.26 bits per heavy atom. The monoisotopic (exact) mass is 605 g/mol. The van der Waals surface area contributed by atoms with Gasteiger partial charge in [0, 0.05) is 18.8 Å². The molecule has 2 N–H and O–H groups in total. The van der Waals surface area contributed by atoms with Gasteiger partial charge in [-0.1, -0.05) is 70.6 Å². The van der Waals surface area contributed by atoms with E-state index in [9.17, 15) is 18.0 Å². The molecule has 1 heterocycles. The second kappa shape index (κ2) is 18.4. The number of carbonyl (C=O) groups excluding carboxylic acids is 1. The standard InChI is InChI=1S/C31H47N3O7S/c1-31(2,3)41-28(35)17-15-13-11-9-7-5-4-6-8-10-12-14-16-22-40-26-18-20-27(21-19-26)42(38,39)34-30-32-23-25(24-33-30)29(36)37/h18-21,23-24H,4-17,22H2,1-3H3,(H,36,37)(H,32,33,34). The average molecular weight is 606 g/mol. The lowest BCUT2D eigenvalue weighted by Gasteiger charge is -2.19. The molecule has 11 heteroatoms. The number of sulfonamides is 1. The molecule has 0 radical (unpaired) electrons. The number of carboxylic acid groups (broad SMARTS) is 1. The summed E-state index contributed by atoms with van der Waals surface area (Å²) in [5.41, 5.74) is -0.528. The predicted octanol–water partition coefficient (Wildman–Crippen LogP) is 7.16. The lowest BCUT2D eigenvalue weighted by atomic mass is 10.0. The smallest absolute Gasteiger partial charge is 0.338 e. The zero-order chi connectivity index (χ0) is 30.8. The molecule has 1 aromatic heterocycles. The number of esters is 1. The lowest BCUT2D eigenvalue weighted by Crippen LogP contribution is -2.23. The van der Waals surface area contributed by atoms with E-state index in [1.807, 2.05) is 20.8 Å². The summed E-state index contributed by atoms with van der Waals surface area (Å²) < 4.78 is 38.4. The normalized spacial score (nSPS) is 11.7. The van der Waals surface area contributed by atoms with E-state index in [2.05, 4.69) is 14.7 Å². The van der Waals surface area contributed by atoms with Crippen molar-refractivity contribution in [1.29, 1.82) is 0 Å². The van der Waals surface area contributed by atoms with Gasteiger partial charge < -0.3 is 14.6 Å². The van der Waals surface area contributed by atoms with Crippen molar-refractivity contribution >= 4 is 27.9 Å². The van der Waals surface area contributed by atoms with Crippen molar-refractivity contribution < 1.29 is 32.6 Å². The first-order chi connectivity index (χ1) is 20.0. The van der Waals surface area contributed by atoms with Crippen LogP contribution in [0.25, 0.3) is 0 Å². The third-order valence-corrected chi connectivity index (χ3v) is 7.82. The predicted molar refractivity (Wildman–Crippen MR) is 162 cm³/mol. The fourth-order valence-corrected chi connectivity index (χ4v) is 5.24. The third kappa shape index (κ3) is 15.1. The number of nitrogens with zero attached hydrogens (tertiary/aromatic N) is 2. The van der Waals surface area contributed by atoms with Crippen LogP contribution in [0.4, 0.5) is 5.95 Å². The molecule has 1 aromatic carbocycles. The number of nitrogens with one attached hydrogen (secondary N) is 1. The molecule has 42 heavy (non-hydrogen) atoms. The first kappa shape index (κ1) is 35.0. The van der Waals surface area contributed by atoms with E-state index in [1.54, 1.807) is 12.1 Å². The number of aromatic nitrogens is 2. The van der Waals surface area contributed by atoms with E-state index in [4.69, 9.17) is 14.6 Å². The van der Waals surface area contributed by atoms with Crippen LogP contribution in [0.15, 0.2) is 41.6 Å². The van der Waals surface area contributed by atoms with Gasteiger partial charge in [0.15, 0.2) is 0 Å². The first-order valence-electron chi connectivity index (χ1n) is 15.0. The fourth-order valence-electron chi connectivity index (χ4n) is 4.28. The average Bonchev–Trinajstić information content (AvgIpc) is 2.92. The second-order valence-electron chi connectivity index (χ2n) is 11.5. The molecule has 0 aliphatic carbocycles. The summed E-state index contributed by atoms with van der Waals surface area (Å²) in [6.45, 7) is 6.28. The van der Waals surface area contributed by atoms with Gasteiger partial charge in [-0.15, -0.1) is 0 Å². The Morgan fingerprint density at radius 3 is 1.74 bits per heavy atom. The van der Waals surface area contributed by atoms with Gasteiger partial charge in [0.2, 0.25) is 5.95 Å². The quantitative estimate of drug-likeness (QED) is 0.112. The molecule has 0 amide bonds. The molecule has 234 valence electrons. The molecule has 2 aromatic rings. The molecule has 0 saturated heterocycles. The van der Waals surface area contributed by atoms with Gasteiger partial charge in [0.25, 0.3) is 10.0 Å². The van der Waals surface area contributed by atoms with E-state index in [0.29, 0.717) is 18.8 Å². The number of hydrogen-bond acceptors (Lipinski definition) is 8. The molecule has 0 spiro atoms. The summed E-state index contributed by atoms with van der Waals surface area (Å²) in [6, 6.07) is 6.09. The third-order valence-electron chi connectivity index (χ3n) is 6.47. The molecule has 0 aliphatic heterocycles. The Morgan fingerprint density at radius 1 is 0.786 bits per heavy atom. The maximum Gasteiger partial charge on any atom is 0.338 e. The highest BCUT2D eigenvalue weighted by Gasteiger charge is 2.17. The van der Waals surface area contributed by atoms with Gasteiger partial charge in [-0.25, -0.2) is 27.9 Å². The van der Waals surface area contributed by atoms with Crippen molar-refractivity contribution in [3.63, 3.8) is 0 Å². The summed E-state index contributed by atoms with van der Waals surface area (Å²) in [6.07, 6.45) is 17.9. The van der Waals surface area contributed by atoms with Crippen molar-refractivity contribution in [1.82, 2.24) is 9.97 Å². The molecule has 0 bridgehead atoms. The van der Waals surface area contributed by atoms with E-state index in [1.165, 1.54) is 69.9 Å². The minimum atomic E-state index is -3.91. The van der Waals surface area contributed by atoms with Gasteiger partial charge in [-0.2, -0.15) is 0 Å². The first-order valence-corrected chi connectivity index (χ1v) is 16.5. The summed E-state index contributed by atoms with van der Waals surface area (Å²) in [5, 5.41) is 8.88. The maximum absolute atomic E-state index is 12.5. The Hall–Kier alpha value is -3.21. The van der Waals surface area contributed by atoms with Crippen molar-refractivity contribution in [3.8, 4) is 5.75 Å². The molecule has 0 atom stereocenters. The Bertz CT molecular complexity index is 1180. The van der Waals surface area contributed by atoms with E-state index < -0.39 is 21.6 Å². The van der Waals surface area contributed by atoms with E-state index in [0.717, 1.165) is 38.1 Å². The minimum Gasteiger partial charge on any atom is -0.494 e. The Kier molecular flexibility index (Phi) is 15.3. The van der Waals surface area contributed by atoms with Crippen molar-refractivity contribution in [2.45, 2.75) is 121 Å². The summed E-state index contributed by atoms with van der Waals surface area (Å²) in [5.74, 6) is -0.897. The molecule has 0 saturated carbocycles. The van der Waals surface area contributed by atoms with Crippen LogP contribution in [0.1, 0.15) is 121 Å². The topological polar surface area (TPSA) is 145 Å². The highest BCUT2D eigenvalue weighted by atomic mass is 32.2. The number of unbranched alkanes of at least 4 members (excludes halogenated alkanes) is 12. The lowest BCUT2D eigenvalue weighted by molar-refractivity contribution is -0.154. The van der Waals surface area contributed by atoms with Crippen LogP contribution < -0.4 is 9.46 Å². The van der Waals surface area contributed by atoms with Gasteiger partial charge in [-0.05, 0) is 57.9 Å². The molecule has 2 rings (SSSR count). The van der Waals surface area contributed by atoms with E-state index in [-0.39, 0.29) is 22.4 Å². The van der Waals surface area contributed by atoms with Crippen molar-refractivity contribution in [2.24, 2.45) is 0 Å². The maximum atomic E-state index is 12.5. The van der Waals surface area contributed by atoms with Gasteiger partial charge in [-0.3, -0.25) is 4.79 Å². The number of aromatic carboxylic acids is 1. The van der Waals surface area contributed by atoms with Crippen molar-refractivity contribution in [3.05, 3.63) is 42.2 Å².